The molecule has 1 aromatic carbocycles. The van der Waals surface area contributed by atoms with Crippen LogP contribution in [0.3, 0.4) is 0 Å². The van der Waals surface area contributed by atoms with Gasteiger partial charge in [0.2, 0.25) is 6.79 Å². The van der Waals surface area contributed by atoms with Gasteiger partial charge < -0.3 is 14.8 Å². The molecule has 0 atom stereocenters. The third-order valence-corrected chi connectivity index (χ3v) is 2.21. The fourth-order valence-electron chi connectivity index (χ4n) is 1.45. The van der Waals surface area contributed by atoms with Crippen LogP contribution in [0, 0.1) is 18.8 Å². The van der Waals surface area contributed by atoms with Crippen LogP contribution >= 0.6 is 0 Å². The molecule has 1 amide bonds. The molecule has 0 aromatic heterocycles. The normalized spacial score (nSPS) is 11.6. The van der Waals surface area contributed by atoms with Gasteiger partial charge >= 0.3 is 0 Å². The quantitative estimate of drug-likeness (QED) is 0.728. The lowest BCUT2D eigenvalue weighted by molar-refractivity contribution is -0.111. The smallest absolute Gasteiger partial charge is 0.300 e. The number of aryl methyl sites for hydroxylation is 1. The van der Waals surface area contributed by atoms with Gasteiger partial charge in [-0.25, -0.2) is 0 Å². The minimum Gasteiger partial charge on any atom is -0.454 e. The van der Waals surface area contributed by atoms with Crippen molar-refractivity contribution in [2.75, 3.05) is 12.1 Å². The van der Waals surface area contributed by atoms with E-state index in [0.717, 1.165) is 5.56 Å². The first kappa shape index (κ1) is 10.4. The maximum absolute atomic E-state index is 11.3. The van der Waals surface area contributed by atoms with Gasteiger partial charge in [0, 0.05) is 11.8 Å². The Kier molecular flexibility index (Phi) is 2.69. The number of benzene rings is 1. The molecule has 1 heterocycles. The summed E-state index contributed by atoms with van der Waals surface area (Å²) in [6.07, 6.45) is 0. The number of amides is 1. The summed E-state index contributed by atoms with van der Waals surface area (Å²) < 4.78 is 10.4. The van der Waals surface area contributed by atoms with Gasteiger partial charge in [-0.15, -0.1) is 0 Å². The molecule has 0 radical (unpaired) electrons. The van der Waals surface area contributed by atoms with Crippen LogP contribution in [-0.2, 0) is 4.79 Å². The Labute approximate surface area is 93.6 Å². The van der Waals surface area contributed by atoms with Crippen LogP contribution in [0.2, 0.25) is 0 Å². The molecule has 1 N–H and O–H groups in total. The van der Waals surface area contributed by atoms with Crippen molar-refractivity contribution in [1.82, 2.24) is 0 Å². The summed E-state index contributed by atoms with van der Waals surface area (Å²) in [7, 11) is 0. The SMILES string of the molecule is CC#CC(=O)Nc1cc2c(cc1C)OCO2. The molecule has 0 spiro atoms. The number of nitrogens with one attached hydrogen (secondary N) is 1. The summed E-state index contributed by atoms with van der Waals surface area (Å²) in [6, 6.07) is 3.57. The minimum atomic E-state index is -0.329. The number of ether oxygens (including phenoxy) is 2. The highest BCUT2D eigenvalue weighted by Gasteiger charge is 2.16. The third-order valence-electron chi connectivity index (χ3n) is 2.21. The first-order chi connectivity index (χ1) is 7.70. The number of carbonyl (C=O) groups excluding carboxylic acids is 1. The van der Waals surface area contributed by atoms with E-state index in [1.54, 1.807) is 13.0 Å². The molecule has 0 bridgehead atoms. The van der Waals surface area contributed by atoms with E-state index in [1.807, 2.05) is 13.0 Å². The highest BCUT2D eigenvalue weighted by Crippen LogP contribution is 2.36. The monoisotopic (exact) mass is 217 g/mol. The van der Waals surface area contributed by atoms with Crippen LogP contribution in [0.5, 0.6) is 11.5 Å². The first-order valence-electron chi connectivity index (χ1n) is 4.84. The Morgan fingerprint density at radius 1 is 1.38 bits per heavy atom. The second-order valence-electron chi connectivity index (χ2n) is 3.35. The van der Waals surface area contributed by atoms with Crippen molar-refractivity contribution >= 4 is 11.6 Å². The summed E-state index contributed by atoms with van der Waals surface area (Å²) in [6.45, 7) is 3.73. The molecular formula is C12H11NO3. The Hall–Kier alpha value is -2.15. The van der Waals surface area contributed by atoms with Gasteiger partial charge in [-0.05, 0) is 31.4 Å². The Bertz CT molecular complexity index is 497. The number of carbonyl (C=O) groups is 1. The van der Waals surface area contributed by atoms with E-state index in [0.29, 0.717) is 17.2 Å². The third kappa shape index (κ3) is 1.94. The van der Waals surface area contributed by atoms with Gasteiger partial charge in [0.05, 0.1) is 0 Å². The summed E-state index contributed by atoms with van der Waals surface area (Å²) in [4.78, 5) is 11.3. The zero-order valence-electron chi connectivity index (χ0n) is 9.09. The highest BCUT2D eigenvalue weighted by atomic mass is 16.7. The second-order valence-corrected chi connectivity index (χ2v) is 3.35. The van der Waals surface area contributed by atoms with Gasteiger partial charge in [0.25, 0.3) is 5.91 Å². The number of rotatable bonds is 1. The van der Waals surface area contributed by atoms with E-state index in [9.17, 15) is 4.79 Å². The van der Waals surface area contributed by atoms with Crippen molar-refractivity contribution in [2.24, 2.45) is 0 Å². The average molecular weight is 217 g/mol. The molecule has 2 rings (SSSR count). The Morgan fingerprint density at radius 3 is 2.75 bits per heavy atom. The maximum Gasteiger partial charge on any atom is 0.300 e. The standard InChI is InChI=1S/C12H11NO3/c1-3-4-12(14)13-9-6-11-10(5-8(9)2)15-7-16-11/h5-6H,7H2,1-2H3,(H,13,14). The summed E-state index contributed by atoms with van der Waals surface area (Å²) in [5.74, 6) is 5.98. The molecule has 82 valence electrons. The topological polar surface area (TPSA) is 47.6 Å². The van der Waals surface area contributed by atoms with Crippen molar-refractivity contribution in [3.8, 4) is 23.3 Å². The zero-order chi connectivity index (χ0) is 11.5. The van der Waals surface area contributed by atoms with Crippen LogP contribution < -0.4 is 14.8 Å². The predicted octanol–water partition coefficient (Wildman–Crippen LogP) is 1.69. The molecule has 0 fully saturated rings. The molecule has 0 saturated carbocycles. The number of hydrogen-bond acceptors (Lipinski definition) is 3. The molecular weight excluding hydrogens is 206 g/mol. The van der Waals surface area contributed by atoms with Crippen molar-refractivity contribution in [3.05, 3.63) is 17.7 Å². The van der Waals surface area contributed by atoms with Crippen LogP contribution in [-0.4, -0.2) is 12.7 Å². The average Bonchev–Trinajstić information content (AvgIpc) is 2.65. The number of hydrogen-bond donors (Lipinski definition) is 1. The minimum absolute atomic E-state index is 0.223. The lowest BCUT2D eigenvalue weighted by atomic mass is 10.1. The first-order valence-corrected chi connectivity index (χ1v) is 4.84. The van der Waals surface area contributed by atoms with Crippen molar-refractivity contribution < 1.29 is 14.3 Å². The largest absolute Gasteiger partial charge is 0.454 e. The molecule has 1 aliphatic heterocycles. The Morgan fingerprint density at radius 2 is 2.06 bits per heavy atom. The van der Waals surface area contributed by atoms with Gasteiger partial charge in [0.1, 0.15) is 0 Å². The molecule has 4 nitrogen and oxygen atoms in total. The molecule has 0 saturated heterocycles. The second kappa shape index (κ2) is 4.15. The lowest BCUT2D eigenvalue weighted by Crippen LogP contribution is -2.09. The Balaban J connectivity index is 2.27. The van der Waals surface area contributed by atoms with E-state index >= 15 is 0 Å². The summed E-state index contributed by atoms with van der Waals surface area (Å²) in [5.41, 5.74) is 1.60. The molecule has 16 heavy (non-hydrogen) atoms. The van der Waals surface area contributed by atoms with E-state index in [2.05, 4.69) is 17.2 Å². The van der Waals surface area contributed by atoms with E-state index in [1.165, 1.54) is 0 Å². The van der Waals surface area contributed by atoms with Crippen molar-refractivity contribution in [2.45, 2.75) is 13.8 Å². The fourth-order valence-corrected chi connectivity index (χ4v) is 1.45. The number of fused-ring (bicyclic) bond motifs is 1. The van der Waals surface area contributed by atoms with E-state index < -0.39 is 0 Å². The fraction of sp³-hybridized carbons (Fsp3) is 0.250. The summed E-state index contributed by atoms with van der Waals surface area (Å²) in [5, 5.41) is 2.69. The molecule has 1 aliphatic rings. The molecule has 1 aromatic rings. The maximum atomic E-state index is 11.3. The number of anilines is 1. The van der Waals surface area contributed by atoms with Crippen molar-refractivity contribution in [1.29, 1.82) is 0 Å². The van der Waals surface area contributed by atoms with Gasteiger partial charge in [-0.2, -0.15) is 0 Å². The zero-order valence-corrected chi connectivity index (χ0v) is 9.09. The molecule has 4 heteroatoms. The predicted molar refractivity (Wildman–Crippen MR) is 59.4 cm³/mol. The van der Waals surface area contributed by atoms with Crippen LogP contribution in [0.4, 0.5) is 5.69 Å². The lowest BCUT2D eigenvalue weighted by Gasteiger charge is -2.06. The van der Waals surface area contributed by atoms with Crippen LogP contribution in [0.15, 0.2) is 12.1 Å². The van der Waals surface area contributed by atoms with Gasteiger partial charge in [0.15, 0.2) is 11.5 Å². The summed E-state index contributed by atoms with van der Waals surface area (Å²) >= 11 is 0. The molecule has 0 aliphatic carbocycles. The van der Waals surface area contributed by atoms with Crippen LogP contribution in [0.25, 0.3) is 0 Å². The highest BCUT2D eigenvalue weighted by molar-refractivity contribution is 6.04. The van der Waals surface area contributed by atoms with Crippen LogP contribution in [0.1, 0.15) is 12.5 Å². The molecule has 0 unspecified atom stereocenters. The van der Waals surface area contributed by atoms with E-state index in [-0.39, 0.29) is 12.7 Å². The van der Waals surface area contributed by atoms with Gasteiger partial charge in [-0.3, -0.25) is 4.79 Å². The van der Waals surface area contributed by atoms with Gasteiger partial charge in [-0.1, -0.05) is 5.92 Å². The van der Waals surface area contributed by atoms with E-state index in [4.69, 9.17) is 9.47 Å². The van der Waals surface area contributed by atoms with Crippen molar-refractivity contribution in [3.63, 3.8) is 0 Å².